The standard InChI is InChI=1S/C24H22N10O4S.C2HF3O2/c25-22(26)16-5-3-4-15(10-16)19-11-24(38-31-19,13-34-14-29-32-33-34)23(35)30-21-9-8-17(12-28-21)18-6-1-2-7-20(18)39(27,36)37;3-2(4,5)1(6)7/h1-10,12,14H,11,13H2,(H3,25,26)(H2,27,36,37)(H,28,30,35);(H,6,7). The average molecular weight is 661 g/mol. The normalized spacial score (nSPS) is 16.0. The molecule has 1 aliphatic rings. The van der Waals surface area contributed by atoms with Crippen molar-refractivity contribution in [3.63, 3.8) is 0 Å². The third kappa shape index (κ3) is 7.84. The minimum absolute atomic E-state index is 0.0360. The molecule has 16 nitrogen and oxygen atoms in total. The van der Waals surface area contributed by atoms with Crippen molar-refractivity contribution >= 4 is 39.3 Å². The molecule has 240 valence electrons. The number of rotatable bonds is 8. The quantitative estimate of drug-likeness (QED) is 0.123. The molecular formula is C26H23F3N10O6S. The highest BCUT2D eigenvalue weighted by molar-refractivity contribution is 7.89. The van der Waals surface area contributed by atoms with Crippen LogP contribution in [0.3, 0.4) is 0 Å². The van der Waals surface area contributed by atoms with Crippen LogP contribution in [0.1, 0.15) is 17.5 Å². The van der Waals surface area contributed by atoms with Crippen LogP contribution >= 0.6 is 0 Å². The molecule has 2 aromatic carbocycles. The highest BCUT2D eigenvalue weighted by Gasteiger charge is 2.48. The summed E-state index contributed by atoms with van der Waals surface area (Å²) >= 11 is 0. The maximum atomic E-state index is 13.6. The lowest BCUT2D eigenvalue weighted by Gasteiger charge is -2.24. The molecule has 4 aromatic rings. The van der Waals surface area contributed by atoms with Crippen LogP contribution in [0.25, 0.3) is 11.1 Å². The van der Waals surface area contributed by atoms with Gasteiger partial charge in [0.05, 0.1) is 22.7 Å². The molecule has 1 unspecified atom stereocenters. The number of hydrogen-bond donors (Lipinski definition) is 4. The van der Waals surface area contributed by atoms with Crippen LogP contribution < -0.4 is 26.7 Å². The summed E-state index contributed by atoms with van der Waals surface area (Å²) in [6.07, 6.45) is -2.31. The van der Waals surface area contributed by atoms with Crippen LogP contribution in [-0.2, 0) is 31.0 Å². The van der Waals surface area contributed by atoms with E-state index in [1.165, 1.54) is 29.3 Å². The van der Waals surface area contributed by atoms with Gasteiger partial charge in [0.1, 0.15) is 18.1 Å². The number of carboxylic acids is 1. The summed E-state index contributed by atoms with van der Waals surface area (Å²) in [5.74, 6) is -3.19. The number of pyridine rings is 1. The number of amidine groups is 1. The Kier molecular flexibility index (Phi) is 9.42. The van der Waals surface area contributed by atoms with E-state index in [4.69, 9.17) is 31.0 Å². The number of oxime groups is 1. The molecule has 0 spiro atoms. The fourth-order valence-electron chi connectivity index (χ4n) is 4.11. The molecule has 46 heavy (non-hydrogen) atoms. The summed E-state index contributed by atoms with van der Waals surface area (Å²) < 4.78 is 56.9. The number of hydrogen-bond acceptors (Lipinski definition) is 11. The molecule has 0 aliphatic carbocycles. The molecule has 0 radical (unpaired) electrons. The third-order valence-electron chi connectivity index (χ3n) is 6.28. The number of halogens is 3. The number of carboxylic acid groups (broad SMARTS) is 1. The summed E-state index contributed by atoms with van der Waals surface area (Å²) in [5.41, 5.74) is 6.91. The predicted octanol–water partition coefficient (Wildman–Crippen LogP) is -1.65. The first-order chi connectivity index (χ1) is 21.6. The maximum absolute atomic E-state index is 13.6. The molecular weight excluding hydrogens is 637 g/mol. The lowest BCUT2D eigenvalue weighted by Crippen LogP contribution is -2.47. The largest absolute Gasteiger partial charge is 0.542 e. The number of benzene rings is 2. The number of sulfonamides is 1. The van der Waals surface area contributed by atoms with Crippen molar-refractivity contribution in [1.82, 2.24) is 25.2 Å². The first kappa shape index (κ1) is 33.1. The molecule has 7 N–H and O–H groups in total. The van der Waals surface area contributed by atoms with Crippen molar-refractivity contribution in [3.05, 3.63) is 84.3 Å². The van der Waals surface area contributed by atoms with Crippen molar-refractivity contribution in [3.8, 4) is 11.1 Å². The fraction of sp³-hybridized carbons (Fsp3) is 0.154. The molecule has 5 rings (SSSR count). The second-order valence-corrected chi connectivity index (χ2v) is 11.1. The van der Waals surface area contributed by atoms with E-state index in [1.54, 1.807) is 48.5 Å². The minimum atomic E-state index is -5.19. The topological polar surface area (TPSA) is 259 Å². The SMILES string of the molecule is NC(=[NH2+])c1cccc(C2=NOC(Cn3cnnn3)(C(=O)Nc3ccc(-c4ccccc4S(N)(=O)=O)cn3)C2)c1.O=C([O-])C(F)(F)F. The Labute approximate surface area is 257 Å². The number of carbonyl (C=O) groups excluding carboxylic acids is 2. The van der Waals surface area contributed by atoms with Gasteiger partial charge in [-0.1, -0.05) is 35.5 Å². The van der Waals surface area contributed by atoms with Gasteiger partial charge in [-0.3, -0.25) is 15.9 Å². The van der Waals surface area contributed by atoms with Crippen molar-refractivity contribution in [2.45, 2.75) is 29.6 Å². The third-order valence-corrected chi connectivity index (χ3v) is 7.25. The number of aliphatic carboxylic acids is 1. The van der Waals surface area contributed by atoms with Crippen LogP contribution in [0.2, 0.25) is 0 Å². The Morgan fingerprint density at radius 3 is 2.41 bits per heavy atom. The molecule has 20 heteroatoms. The van der Waals surface area contributed by atoms with E-state index >= 15 is 0 Å². The van der Waals surface area contributed by atoms with Gasteiger partial charge in [0, 0.05) is 29.3 Å². The molecule has 1 atom stereocenters. The van der Waals surface area contributed by atoms with E-state index in [2.05, 4.69) is 31.0 Å². The molecule has 1 amide bonds. The van der Waals surface area contributed by atoms with Gasteiger partial charge in [-0.2, -0.15) is 13.2 Å². The van der Waals surface area contributed by atoms with E-state index in [9.17, 15) is 26.4 Å². The molecule has 3 heterocycles. The number of tetrazole rings is 1. The molecule has 0 saturated carbocycles. The van der Waals surface area contributed by atoms with Gasteiger partial charge in [0.25, 0.3) is 11.7 Å². The van der Waals surface area contributed by atoms with Gasteiger partial charge >= 0.3 is 6.18 Å². The Morgan fingerprint density at radius 1 is 1.11 bits per heavy atom. The summed E-state index contributed by atoms with van der Waals surface area (Å²) in [6.45, 7) is -0.0382. The van der Waals surface area contributed by atoms with Crippen LogP contribution in [0.4, 0.5) is 19.0 Å². The number of primary sulfonamides is 1. The summed E-state index contributed by atoms with van der Waals surface area (Å²) in [4.78, 5) is 32.4. The number of alkyl halides is 3. The second-order valence-electron chi connectivity index (χ2n) is 9.56. The van der Waals surface area contributed by atoms with Gasteiger partial charge in [-0.25, -0.2) is 23.2 Å². The fourth-order valence-corrected chi connectivity index (χ4v) is 4.87. The lowest BCUT2D eigenvalue weighted by atomic mass is 9.92. The van der Waals surface area contributed by atoms with Gasteiger partial charge in [0.2, 0.25) is 15.6 Å². The van der Waals surface area contributed by atoms with Gasteiger partial charge in [-0.15, -0.1) is 5.10 Å². The number of carbonyl (C=O) groups is 2. The summed E-state index contributed by atoms with van der Waals surface area (Å²) in [6, 6.07) is 16.5. The Balaban J connectivity index is 0.000000617. The number of aromatic nitrogens is 5. The number of nitrogens with zero attached hydrogens (tertiary/aromatic N) is 6. The van der Waals surface area contributed by atoms with Crippen molar-refractivity contribution in [1.29, 1.82) is 0 Å². The number of amides is 1. The van der Waals surface area contributed by atoms with Crippen LogP contribution in [0, 0.1) is 0 Å². The van der Waals surface area contributed by atoms with E-state index in [0.717, 1.165) is 0 Å². The van der Waals surface area contributed by atoms with E-state index in [-0.39, 0.29) is 29.5 Å². The predicted molar refractivity (Wildman–Crippen MR) is 150 cm³/mol. The van der Waals surface area contributed by atoms with Crippen molar-refractivity contribution < 1.29 is 46.5 Å². The summed E-state index contributed by atoms with van der Waals surface area (Å²) in [7, 11) is -3.95. The van der Waals surface area contributed by atoms with Crippen LogP contribution in [0.5, 0.6) is 0 Å². The Bertz CT molecular complexity index is 1900. The molecule has 0 fully saturated rings. The Hall–Kier alpha value is -5.76. The molecule has 0 saturated heterocycles. The maximum Gasteiger partial charge on any atom is 0.430 e. The first-order valence-corrected chi connectivity index (χ1v) is 14.3. The lowest BCUT2D eigenvalue weighted by molar-refractivity contribution is -0.344. The monoisotopic (exact) mass is 660 g/mol. The Morgan fingerprint density at radius 2 is 1.83 bits per heavy atom. The van der Waals surface area contributed by atoms with Crippen LogP contribution in [-0.4, -0.2) is 68.8 Å². The summed E-state index contributed by atoms with van der Waals surface area (Å²) in [5, 5.41) is 37.9. The number of anilines is 1. The van der Waals surface area contributed by atoms with Crippen molar-refractivity contribution in [2.75, 3.05) is 5.32 Å². The van der Waals surface area contributed by atoms with Crippen molar-refractivity contribution in [2.24, 2.45) is 16.0 Å². The van der Waals surface area contributed by atoms with Gasteiger partial charge in [-0.05, 0) is 40.8 Å². The van der Waals surface area contributed by atoms with Crippen LogP contribution in [0.15, 0.2) is 83.2 Å². The van der Waals surface area contributed by atoms with Gasteiger partial charge in [0.15, 0.2) is 0 Å². The van der Waals surface area contributed by atoms with E-state index < -0.39 is 33.7 Å². The zero-order valence-electron chi connectivity index (χ0n) is 23.2. The van der Waals surface area contributed by atoms with Gasteiger partial charge < -0.3 is 20.1 Å². The highest BCUT2D eigenvalue weighted by atomic mass is 32.2. The smallest absolute Gasteiger partial charge is 0.430 e. The molecule has 1 aliphatic heterocycles. The average Bonchev–Trinajstić information content (AvgIpc) is 3.68. The second kappa shape index (κ2) is 13.1. The zero-order chi connectivity index (χ0) is 33.7. The molecule has 0 bridgehead atoms. The first-order valence-electron chi connectivity index (χ1n) is 12.7. The van der Waals surface area contributed by atoms with E-state index in [1.807, 2.05) is 0 Å². The highest BCUT2D eigenvalue weighted by Crippen LogP contribution is 2.31. The minimum Gasteiger partial charge on any atom is -0.542 e. The van der Waals surface area contributed by atoms with E-state index in [0.29, 0.717) is 28.0 Å². The zero-order valence-corrected chi connectivity index (χ0v) is 24.1. The molecule has 2 aromatic heterocycles. The number of nitrogens with one attached hydrogen (secondary N) is 1. The number of nitrogens with two attached hydrogens (primary N) is 3.